The molecule has 0 aromatic heterocycles. The van der Waals surface area contributed by atoms with Gasteiger partial charge in [0.05, 0.1) is 6.61 Å². The van der Waals surface area contributed by atoms with Gasteiger partial charge in [-0.1, -0.05) is 51.3 Å². The third kappa shape index (κ3) is 7.33. The van der Waals surface area contributed by atoms with Gasteiger partial charge in [-0.15, -0.1) is 0 Å². The minimum atomic E-state index is -0.537. The van der Waals surface area contributed by atoms with Crippen LogP contribution in [0.15, 0.2) is 48.5 Å². The Bertz CT molecular complexity index is 714. The summed E-state index contributed by atoms with van der Waals surface area (Å²) >= 11 is 0. The molecule has 1 amide bonds. The topological polar surface area (TPSA) is 47.6 Å². The van der Waals surface area contributed by atoms with Gasteiger partial charge in [-0.25, -0.2) is 0 Å². The van der Waals surface area contributed by atoms with Crippen LogP contribution < -0.4 is 14.8 Å². The van der Waals surface area contributed by atoms with E-state index < -0.39 is 6.10 Å². The molecule has 0 aliphatic carbocycles. The molecule has 1 unspecified atom stereocenters. The minimum absolute atomic E-state index is 0.154. The van der Waals surface area contributed by atoms with Crippen LogP contribution in [0, 0.1) is 6.92 Å². The zero-order valence-electron chi connectivity index (χ0n) is 16.7. The zero-order valence-corrected chi connectivity index (χ0v) is 16.7. The second-order valence-corrected chi connectivity index (χ2v) is 6.76. The second kappa shape index (κ2) is 11.3. The molecule has 0 aliphatic rings. The molecule has 0 bridgehead atoms. The van der Waals surface area contributed by atoms with Crippen molar-refractivity contribution in [3.63, 3.8) is 0 Å². The molecule has 27 heavy (non-hydrogen) atoms. The summed E-state index contributed by atoms with van der Waals surface area (Å²) < 4.78 is 11.7. The Hall–Kier alpha value is -2.49. The normalized spacial score (nSPS) is 11.7. The monoisotopic (exact) mass is 369 g/mol. The average molecular weight is 370 g/mol. The molecule has 0 radical (unpaired) electrons. The van der Waals surface area contributed by atoms with Crippen molar-refractivity contribution in [1.82, 2.24) is 0 Å². The molecule has 2 aromatic rings. The summed E-state index contributed by atoms with van der Waals surface area (Å²) in [6.45, 7) is 6.84. The van der Waals surface area contributed by atoms with Crippen LogP contribution in [0.4, 0.5) is 5.69 Å². The molecule has 1 atom stereocenters. The number of nitrogens with one attached hydrogen (secondary N) is 1. The molecule has 2 aromatic carbocycles. The molecule has 4 nitrogen and oxygen atoms in total. The number of amides is 1. The lowest BCUT2D eigenvalue weighted by Crippen LogP contribution is -2.32. The highest BCUT2D eigenvalue weighted by Gasteiger charge is 2.18. The van der Waals surface area contributed by atoms with Gasteiger partial charge >= 0.3 is 0 Å². The van der Waals surface area contributed by atoms with Crippen LogP contribution in [0.2, 0.25) is 0 Å². The zero-order chi connectivity index (χ0) is 19.5. The maximum absolute atomic E-state index is 12.6. The Labute approximate surface area is 162 Å². The quantitative estimate of drug-likeness (QED) is 0.513. The van der Waals surface area contributed by atoms with Crippen molar-refractivity contribution in [3.8, 4) is 11.5 Å². The van der Waals surface area contributed by atoms with Crippen LogP contribution in [-0.4, -0.2) is 18.6 Å². The highest BCUT2D eigenvalue weighted by atomic mass is 16.5. The summed E-state index contributed by atoms with van der Waals surface area (Å²) in [4.78, 5) is 12.6. The van der Waals surface area contributed by atoms with E-state index in [9.17, 15) is 4.79 Å². The van der Waals surface area contributed by atoms with E-state index in [-0.39, 0.29) is 5.91 Å². The van der Waals surface area contributed by atoms with Gasteiger partial charge in [0.1, 0.15) is 11.5 Å². The molecule has 4 heteroatoms. The van der Waals surface area contributed by atoms with Crippen LogP contribution in [0.5, 0.6) is 11.5 Å². The number of rotatable bonds is 11. The Kier molecular flexibility index (Phi) is 8.69. The van der Waals surface area contributed by atoms with Crippen LogP contribution in [0.25, 0.3) is 0 Å². The Morgan fingerprint density at radius 1 is 1.00 bits per heavy atom. The van der Waals surface area contributed by atoms with Crippen LogP contribution >= 0.6 is 0 Å². The van der Waals surface area contributed by atoms with Crippen LogP contribution in [0.1, 0.15) is 51.5 Å². The summed E-state index contributed by atoms with van der Waals surface area (Å²) in [5.74, 6) is 1.33. The first-order valence-electron chi connectivity index (χ1n) is 9.89. The van der Waals surface area contributed by atoms with Gasteiger partial charge in [0, 0.05) is 11.8 Å². The lowest BCUT2D eigenvalue weighted by Gasteiger charge is -2.18. The number of unbranched alkanes of at least 4 members (excludes halogenated alkanes) is 3. The Morgan fingerprint density at radius 2 is 1.78 bits per heavy atom. The molecule has 0 aliphatic heterocycles. The molecule has 146 valence electrons. The lowest BCUT2D eigenvalue weighted by atomic mass is 10.2. The van der Waals surface area contributed by atoms with Crippen molar-refractivity contribution in [1.29, 1.82) is 0 Å². The third-order valence-electron chi connectivity index (χ3n) is 4.30. The van der Waals surface area contributed by atoms with Gasteiger partial charge in [0.25, 0.3) is 5.91 Å². The van der Waals surface area contributed by atoms with E-state index in [2.05, 4.69) is 12.2 Å². The third-order valence-corrected chi connectivity index (χ3v) is 4.30. The second-order valence-electron chi connectivity index (χ2n) is 6.76. The summed E-state index contributed by atoms with van der Waals surface area (Å²) in [5.41, 5.74) is 1.82. The van der Waals surface area contributed by atoms with Crippen LogP contribution in [0.3, 0.4) is 0 Å². The summed E-state index contributed by atoms with van der Waals surface area (Å²) in [6, 6.07) is 15.3. The first kappa shape index (κ1) is 20.8. The average Bonchev–Trinajstić information content (AvgIpc) is 2.66. The largest absolute Gasteiger partial charge is 0.494 e. The van der Waals surface area contributed by atoms with E-state index in [1.165, 1.54) is 19.3 Å². The van der Waals surface area contributed by atoms with E-state index in [0.717, 1.165) is 23.4 Å². The van der Waals surface area contributed by atoms with Crippen molar-refractivity contribution in [2.75, 3.05) is 11.9 Å². The van der Waals surface area contributed by atoms with Crippen molar-refractivity contribution >= 4 is 11.6 Å². The minimum Gasteiger partial charge on any atom is -0.494 e. The molecular formula is C23H31NO3. The predicted octanol–water partition coefficient (Wildman–Crippen LogP) is 5.75. The molecule has 0 spiro atoms. The molecule has 0 fully saturated rings. The number of carbonyl (C=O) groups is 1. The number of hydrogen-bond donors (Lipinski definition) is 1. The molecule has 0 saturated heterocycles. The maximum atomic E-state index is 12.6. The van der Waals surface area contributed by atoms with E-state index in [1.54, 1.807) is 0 Å². The van der Waals surface area contributed by atoms with Gasteiger partial charge in [0.15, 0.2) is 6.10 Å². The van der Waals surface area contributed by atoms with Crippen molar-refractivity contribution in [2.45, 2.75) is 59.0 Å². The van der Waals surface area contributed by atoms with Gasteiger partial charge in [0.2, 0.25) is 0 Å². The van der Waals surface area contributed by atoms with E-state index in [4.69, 9.17) is 9.47 Å². The first-order chi connectivity index (χ1) is 13.1. The number of carbonyl (C=O) groups excluding carboxylic acids is 1. The number of hydrogen-bond acceptors (Lipinski definition) is 3. The molecule has 0 saturated carbocycles. The van der Waals surface area contributed by atoms with Gasteiger partial charge in [-0.2, -0.15) is 0 Å². The van der Waals surface area contributed by atoms with Crippen molar-refractivity contribution in [3.05, 3.63) is 54.1 Å². The van der Waals surface area contributed by atoms with Gasteiger partial charge in [-0.3, -0.25) is 4.79 Å². The van der Waals surface area contributed by atoms with Gasteiger partial charge in [-0.05, 0) is 49.6 Å². The Balaban J connectivity index is 1.90. The summed E-state index contributed by atoms with van der Waals surface area (Å²) in [6.07, 6.45) is 4.73. The Morgan fingerprint density at radius 3 is 2.52 bits per heavy atom. The fourth-order valence-corrected chi connectivity index (χ4v) is 2.78. The maximum Gasteiger partial charge on any atom is 0.265 e. The van der Waals surface area contributed by atoms with Crippen molar-refractivity contribution in [2.24, 2.45) is 0 Å². The standard InChI is InChI=1S/C23H31NO3/c1-4-6-7-8-15-26-20-13-10-12-19(17-20)24-23(25)22(5-2)27-21-14-9-11-18(3)16-21/h9-14,16-17,22H,4-8,15H2,1-3H3,(H,24,25). The number of benzene rings is 2. The fourth-order valence-electron chi connectivity index (χ4n) is 2.78. The van der Waals surface area contributed by atoms with E-state index in [0.29, 0.717) is 18.8 Å². The predicted molar refractivity (Wildman–Crippen MR) is 111 cm³/mol. The smallest absolute Gasteiger partial charge is 0.265 e. The SMILES string of the molecule is CCCCCCOc1cccc(NC(=O)C(CC)Oc2cccc(C)c2)c1. The van der Waals surface area contributed by atoms with E-state index in [1.807, 2.05) is 62.4 Å². The summed E-state index contributed by atoms with van der Waals surface area (Å²) in [5, 5.41) is 2.93. The van der Waals surface area contributed by atoms with Crippen molar-refractivity contribution < 1.29 is 14.3 Å². The van der Waals surface area contributed by atoms with Crippen LogP contribution in [-0.2, 0) is 4.79 Å². The highest BCUT2D eigenvalue weighted by molar-refractivity contribution is 5.94. The molecule has 0 heterocycles. The highest BCUT2D eigenvalue weighted by Crippen LogP contribution is 2.20. The summed E-state index contributed by atoms with van der Waals surface area (Å²) in [7, 11) is 0. The van der Waals surface area contributed by atoms with Gasteiger partial charge < -0.3 is 14.8 Å². The number of aryl methyl sites for hydroxylation is 1. The number of anilines is 1. The molecule has 2 rings (SSSR count). The molecular weight excluding hydrogens is 338 g/mol. The fraction of sp³-hybridized carbons (Fsp3) is 0.435. The van der Waals surface area contributed by atoms with E-state index >= 15 is 0 Å². The molecule has 1 N–H and O–H groups in total. The number of ether oxygens (including phenoxy) is 2. The first-order valence-corrected chi connectivity index (χ1v) is 9.89. The lowest BCUT2D eigenvalue weighted by molar-refractivity contribution is -0.122.